The minimum Gasteiger partial charge on any atom is -0.488 e. The first-order valence-corrected chi connectivity index (χ1v) is 15.8. The fourth-order valence-electron chi connectivity index (χ4n) is 5.89. The molecular weight excluding hydrogens is 550 g/mol. The number of aromatic nitrogens is 3. The van der Waals surface area contributed by atoms with Crippen LogP contribution < -0.4 is 10.5 Å². The van der Waals surface area contributed by atoms with Gasteiger partial charge in [0, 0.05) is 19.0 Å². The number of rotatable bonds is 8. The number of hydrogen-bond acceptors (Lipinski definition) is 6. The van der Waals surface area contributed by atoms with E-state index in [0.717, 1.165) is 38.9 Å². The Morgan fingerprint density at radius 2 is 1.86 bits per heavy atom. The molecule has 1 aliphatic rings. The van der Waals surface area contributed by atoms with Crippen LogP contribution in [0.25, 0.3) is 11.0 Å². The van der Waals surface area contributed by atoms with Gasteiger partial charge in [0.15, 0.2) is 0 Å². The third-order valence-corrected chi connectivity index (χ3v) is 10.5. The summed E-state index contributed by atoms with van der Waals surface area (Å²) in [6.45, 7) is 12.8. The first kappa shape index (κ1) is 29.7. The molecule has 3 aromatic carbocycles. The number of carbonyl (C=O) groups excluding carboxylic acids is 1. The van der Waals surface area contributed by atoms with Gasteiger partial charge in [-0.15, -0.1) is 5.10 Å². The van der Waals surface area contributed by atoms with Crippen molar-refractivity contribution in [1.82, 2.24) is 19.3 Å². The van der Waals surface area contributed by atoms with Crippen LogP contribution in [0.4, 0.5) is 0 Å². The maximum atomic E-state index is 13.9. The van der Waals surface area contributed by atoms with Gasteiger partial charge in [-0.1, -0.05) is 62.4 Å². The fourth-order valence-corrected chi connectivity index (χ4v) is 7.46. The molecule has 1 aromatic heterocycles. The van der Waals surface area contributed by atoms with E-state index in [9.17, 15) is 13.2 Å². The van der Waals surface area contributed by atoms with Gasteiger partial charge in [-0.2, -0.15) is 4.31 Å². The third-order valence-electron chi connectivity index (χ3n) is 8.63. The maximum Gasteiger partial charge on any atom is 0.247 e. The van der Waals surface area contributed by atoms with Crippen LogP contribution in [0.15, 0.2) is 59.5 Å². The minimum atomic E-state index is -3.82. The second-order valence-electron chi connectivity index (χ2n) is 11.7. The summed E-state index contributed by atoms with van der Waals surface area (Å²) in [4.78, 5) is 13.1. The molecule has 2 N–H and O–H groups in total. The summed E-state index contributed by atoms with van der Waals surface area (Å²) in [5, 5.41) is 8.72. The Labute approximate surface area is 247 Å². The summed E-state index contributed by atoms with van der Waals surface area (Å²) in [5.41, 5.74) is 11.3. The normalized spacial score (nSPS) is 17.8. The SMILES string of the molecule is CC[C@@H]1CN(Cc2cc(C(c3ccc4c(nnn4CC)c3C)C(C)(C)C(N)=O)ccc2C)S(=O)(=O)c2ccccc2O1. The van der Waals surface area contributed by atoms with E-state index >= 15 is 0 Å². The lowest BCUT2D eigenvalue weighted by Gasteiger charge is -2.34. The molecule has 9 nitrogen and oxygen atoms in total. The van der Waals surface area contributed by atoms with Gasteiger partial charge in [-0.3, -0.25) is 4.79 Å². The van der Waals surface area contributed by atoms with Crippen LogP contribution in [-0.2, 0) is 27.9 Å². The van der Waals surface area contributed by atoms with Crippen molar-refractivity contribution in [3.63, 3.8) is 0 Å². The maximum absolute atomic E-state index is 13.9. The number of fused-ring (bicyclic) bond motifs is 2. The van der Waals surface area contributed by atoms with E-state index in [0.29, 0.717) is 18.7 Å². The smallest absolute Gasteiger partial charge is 0.247 e. The zero-order valence-electron chi connectivity index (χ0n) is 25.1. The molecule has 0 spiro atoms. The van der Waals surface area contributed by atoms with E-state index in [1.165, 1.54) is 4.31 Å². The van der Waals surface area contributed by atoms with E-state index in [2.05, 4.69) is 10.3 Å². The Kier molecular flexibility index (Phi) is 7.89. The second kappa shape index (κ2) is 11.1. The zero-order chi connectivity index (χ0) is 30.4. The van der Waals surface area contributed by atoms with Crippen LogP contribution in [0.5, 0.6) is 5.75 Å². The molecule has 5 rings (SSSR count). The molecule has 2 heterocycles. The van der Waals surface area contributed by atoms with Gasteiger partial charge in [-0.05, 0) is 73.2 Å². The standard InChI is InChI=1S/C32H39N5O4S/c1-7-24-19-36(42(39,40)28-12-10-9-11-27(28)41-24)18-23-17-22(14-13-20(23)3)29(32(5,6)31(33)38)25-15-16-26-30(21(25)4)34-35-37(26)8-2/h9-17,24,29H,7-8,18-19H2,1-6H3,(H2,33,38)/t24-,29?/m1/s1. The number of carbonyl (C=O) groups is 1. The highest BCUT2D eigenvalue weighted by Crippen LogP contribution is 2.44. The van der Waals surface area contributed by atoms with Crippen molar-refractivity contribution in [2.75, 3.05) is 6.54 Å². The zero-order valence-corrected chi connectivity index (χ0v) is 25.9. The van der Waals surface area contributed by atoms with Gasteiger partial charge in [0.05, 0.1) is 17.5 Å². The lowest BCUT2D eigenvalue weighted by molar-refractivity contribution is -0.126. The highest BCUT2D eigenvalue weighted by atomic mass is 32.2. The molecule has 4 aromatic rings. The van der Waals surface area contributed by atoms with Crippen molar-refractivity contribution in [1.29, 1.82) is 0 Å². The van der Waals surface area contributed by atoms with Crippen molar-refractivity contribution >= 4 is 27.0 Å². The summed E-state index contributed by atoms with van der Waals surface area (Å²) in [6.07, 6.45) is 0.387. The highest BCUT2D eigenvalue weighted by Gasteiger charge is 2.39. The van der Waals surface area contributed by atoms with E-state index in [1.807, 2.05) is 76.6 Å². The molecule has 10 heteroatoms. The average Bonchev–Trinajstić information content (AvgIpc) is 3.34. The molecule has 1 amide bonds. The van der Waals surface area contributed by atoms with Crippen molar-refractivity contribution in [3.8, 4) is 5.75 Å². The summed E-state index contributed by atoms with van der Waals surface area (Å²) in [6, 6.07) is 16.8. The van der Waals surface area contributed by atoms with Crippen LogP contribution in [0.1, 0.15) is 67.9 Å². The largest absolute Gasteiger partial charge is 0.488 e. The molecule has 0 fully saturated rings. The first-order chi connectivity index (χ1) is 19.9. The van der Waals surface area contributed by atoms with Crippen molar-refractivity contribution < 1.29 is 17.9 Å². The van der Waals surface area contributed by atoms with Crippen molar-refractivity contribution in [3.05, 3.63) is 82.4 Å². The predicted octanol–water partition coefficient (Wildman–Crippen LogP) is 5.07. The van der Waals surface area contributed by atoms with Crippen LogP contribution in [0, 0.1) is 19.3 Å². The minimum absolute atomic E-state index is 0.169. The van der Waals surface area contributed by atoms with Crippen molar-refractivity contribution in [2.45, 2.75) is 78.0 Å². The lowest BCUT2D eigenvalue weighted by atomic mass is 9.69. The predicted molar refractivity (Wildman–Crippen MR) is 163 cm³/mol. The van der Waals surface area contributed by atoms with Gasteiger partial charge in [-0.25, -0.2) is 13.1 Å². The number of sulfonamides is 1. The number of hydrogen-bond donors (Lipinski definition) is 1. The van der Waals surface area contributed by atoms with Crippen molar-refractivity contribution in [2.24, 2.45) is 11.1 Å². The van der Waals surface area contributed by atoms with E-state index in [1.54, 1.807) is 24.3 Å². The molecule has 1 unspecified atom stereocenters. The number of primary amides is 1. The Balaban J connectivity index is 1.62. The van der Waals surface area contributed by atoms with Gasteiger partial charge in [0.25, 0.3) is 0 Å². The number of aryl methyl sites for hydroxylation is 3. The summed E-state index contributed by atoms with van der Waals surface area (Å²) >= 11 is 0. The number of nitrogens with two attached hydrogens (primary N) is 1. The number of nitrogens with zero attached hydrogens (tertiary/aromatic N) is 4. The summed E-state index contributed by atoms with van der Waals surface area (Å²) < 4.78 is 37.2. The molecule has 0 bridgehead atoms. The fraction of sp³-hybridized carbons (Fsp3) is 0.406. The monoisotopic (exact) mass is 589 g/mol. The van der Waals surface area contributed by atoms with E-state index in [4.69, 9.17) is 10.5 Å². The molecule has 2 atom stereocenters. The molecule has 42 heavy (non-hydrogen) atoms. The summed E-state index contributed by atoms with van der Waals surface area (Å²) in [7, 11) is -3.82. The number of benzene rings is 3. The average molecular weight is 590 g/mol. The number of ether oxygens (including phenoxy) is 1. The molecule has 1 aliphatic heterocycles. The van der Waals surface area contributed by atoms with Gasteiger partial charge >= 0.3 is 0 Å². The molecule has 0 saturated carbocycles. The van der Waals surface area contributed by atoms with Gasteiger partial charge in [0.2, 0.25) is 15.9 Å². The molecule has 0 saturated heterocycles. The summed E-state index contributed by atoms with van der Waals surface area (Å²) in [5.74, 6) is -0.453. The van der Waals surface area contributed by atoms with Crippen LogP contribution in [0.2, 0.25) is 0 Å². The van der Waals surface area contributed by atoms with E-state index < -0.39 is 27.3 Å². The van der Waals surface area contributed by atoms with E-state index in [-0.39, 0.29) is 24.1 Å². The van der Waals surface area contributed by atoms with Crippen LogP contribution >= 0.6 is 0 Å². The van der Waals surface area contributed by atoms with Crippen LogP contribution in [0.3, 0.4) is 0 Å². The number of para-hydroxylation sites is 1. The Bertz CT molecular complexity index is 1760. The van der Waals surface area contributed by atoms with Gasteiger partial charge < -0.3 is 10.5 Å². The number of amides is 1. The lowest BCUT2D eigenvalue weighted by Crippen LogP contribution is -2.38. The highest BCUT2D eigenvalue weighted by molar-refractivity contribution is 7.89. The molecular formula is C32H39N5O4S. The second-order valence-corrected chi connectivity index (χ2v) is 13.6. The first-order valence-electron chi connectivity index (χ1n) is 14.4. The quantitative estimate of drug-likeness (QED) is 0.306. The van der Waals surface area contributed by atoms with Gasteiger partial charge in [0.1, 0.15) is 22.3 Å². The topological polar surface area (TPSA) is 120 Å². The Hall–Kier alpha value is -3.76. The molecule has 0 radical (unpaired) electrons. The molecule has 0 aliphatic carbocycles. The third kappa shape index (κ3) is 5.07. The Morgan fingerprint density at radius 1 is 1.12 bits per heavy atom. The molecule has 222 valence electrons. The van der Waals surface area contributed by atoms with Crippen LogP contribution in [-0.4, -0.2) is 46.3 Å². The Morgan fingerprint density at radius 3 is 2.55 bits per heavy atom.